The van der Waals surface area contributed by atoms with Gasteiger partial charge in [0.15, 0.2) is 5.96 Å². The predicted molar refractivity (Wildman–Crippen MR) is 121 cm³/mol. The summed E-state index contributed by atoms with van der Waals surface area (Å²) in [5.41, 5.74) is 0.907. The summed E-state index contributed by atoms with van der Waals surface area (Å²) in [7, 11) is 1.65. The number of nitrogens with zero attached hydrogens (tertiary/aromatic N) is 4. The van der Waals surface area contributed by atoms with Gasteiger partial charge < -0.3 is 19.9 Å². The summed E-state index contributed by atoms with van der Waals surface area (Å²) >= 11 is 0. The lowest BCUT2D eigenvalue weighted by atomic mass is 10.1. The van der Waals surface area contributed by atoms with Crippen LogP contribution >= 0.6 is 0 Å². The topological polar surface area (TPSA) is 60.4 Å². The Morgan fingerprint density at radius 2 is 1.74 bits per heavy atom. The zero-order valence-corrected chi connectivity index (χ0v) is 18.9. The van der Waals surface area contributed by atoms with Gasteiger partial charge in [0.1, 0.15) is 11.9 Å². The number of piperidine rings is 1. The maximum atomic E-state index is 13.2. The van der Waals surface area contributed by atoms with Gasteiger partial charge in [0.2, 0.25) is 5.91 Å². The zero-order valence-electron chi connectivity index (χ0n) is 18.9. The van der Waals surface area contributed by atoms with Crippen LogP contribution < -0.4 is 5.32 Å². The van der Waals surface area contributed by atoms with Crippen LogP contribution in [0.3, 0.4) is 0 Å². The number of benzene rings is 1. The van der Waals surface area contributed by atoms with Gasteiger partial charge in [-0.25, -0.2) is 4.39 Å². The van der Waals surface area contributed by atoms with Crippen molar-refractivity contribution in [3.05, 3.63) is 35.6 Å². The molecular formula is C23H36FN5O2. The van der Waals surface area contributed by atoms with E-state index in [0.717, 1.165) is 70.2 Å². The Morgan fingerprint density at radius 1 is 1.06 bits per heavy atom. The van der Waals surface area contributed by atoms with Crippen LogP contribution in [-0.4, -0.2) is 92.6 Å². The summed E-state index contributed by atoms with van der Waals surface area (Å²) in [5, 5.41) is 3.37. The average Bonchev–Trinajstić information content (AvgIpc) is 2.81. The van der Waals surface area contributed by atoms with Crippen LogP contribution in [0.2, 0.25) is 0 Å². The van der Waals surface area contributed by atoms with Crippen molar-refractivity contribution in [2.75, 3.05) is 66.0 Å². The highest BCUT2D eigenvalue weighted by Gasteiger charge is 2.24. The van der Waals surface area contributed by atoms with Crippen molar-refractivity contribution in [2.45, 2.75) is 32.3 Å². The molecule has 1 unspecified atom stereocenters. The summed E-state index contributed by atoms with van der Waals surface area (Å²) < 4.78 is 18.8. The summed E-state index contributed by atoms with van der Waals surface area (Å²) in [4.78, 5) is 23.8. The molecule has 1 aromatic rings. The minimum atomic E-state index is -0.257. The lowest BCUT2D eigenvalue weighted by molar-refractivity contribution is -0.133. The first-order chi connectivity index (χ1) is 15.1. The third kappa shape index (κ3) is 6.90. The Morgan fingerprint density at radius 3 is 2.35 bits per heavy atom. The number of rotatable bonds is 7. The number of methoxy groups -OCH3 is 1. The van der Waals surface area contributed by atoms with Gasteiger partial charge in [-0.05, 0) is 43.9 Å². The van der Waals surface area contributed by atoms with Crippen LogP contribution in [0.4, 0.5) is 4.39 Å². The van der Waals surface area contributed by atoms with Crippen molar-refractivity contribution >= 4 is 11.9 Å². The van der Waals surface area contributed by atoms with E-state index in [2.05, 4.69) is 22.0 Å². The Balaban J connectivity index is 1.53. The summed E-state index contributed by atoms with van der Waals surface area (Å²) in [5.74, 6) is 0.858. The number of piperazine rings is 1. The molecule has 0 aromatic heterocycles. The van der Waals surface area contributed by atoms with Crippen molar-refractivity contribution < 1.29 is 13.9 Å². The zero-order chi connectivity index (χ0) is 22.1. The highest BCUT2D eigenvalue weighted by molar-refractivity contribution is 5.80. The molecule has 172 valence electrons. The van der Waals surface area contributed by atoms with Gasteiger partial charge in [0.05, 0.1) is 13.1 Å². The molecule has 0 bridgehead atoms. The first-order valence-corrected chi connectivity index (χ1v) is 11.4. The minimum absolute atomic E-state index is 0.224. The normalized spacial score (nSPS) is 19.4. The molecule has 31 heavy (non-hydrogen) atoms. The summed E-state index contributed by atoms with van der Waals surface area (Å²) in [6.07, 6.45) is 3.27. The fourth-order valence-electron chi connectivity index (χ4n) is 4.14. The Labute approximate surface area is 185 Å². The first kappa shape index (κ1) is 23.5. The number of carbonyl (C=O) groups excluding carboxylic acids is 1. The fraction of sp³-hybridized carbons (Fsp3) is 0.652. The van der Waals surface area contributed by atoms with Gasteiger partial charge in [-0.1, -0.05) is 12.1 Å². The second-order valence-electron chi connectivity index (χ2n) is 8.18. The molecular weight excluding hydrogens is 397 g/mol. The molecule has 0 aliphatic carbocycles. The highest BCUT2D eigenvalue weighted by Crippen LogP contribution is 2.18. The van der Waals surface area contributed by atoms with Crippen molar-refractivity contribution in [3.63, 3.8) is 0 Å². The number of amides is 1. The molecule has 1 atom stereocenters. The maximum absolute atomic E-state index is 13.2. The van der Waals surface area contributed by atoms with Gasteiger partial charge in [-0.2, -0.15) is 0 Å². The molecule has 8 heteroatoms. The number of likely N-dealkylation sites (tertiary alicyclic amines) is 1. The maximum Gasteiger partial charge on any atom is 0.236 e. The monoisotopic (exact) mass is 433 g/mol. The first-order valence-electron chi connectivity index (χ1n) is 11.4. The van der Waals surface area contributed by atoms with E-state index in [9.17, 15) is 9.18 Å². The summed E-state index contributed by atoms with van der Waals surface area (Å²) in [6, 6.07) is 6.37. The lowest BCUT2D eigenvalue weighted by Crippen LogP contribution is -2.54. The fourth-order valence-corrected chi connectivity index (χ4v) is 4.14. The van der Waals surface area contributed by atoms with E-state index in [1.54, 1.807) is 19.2 Å². The van der Waals surface area contributed by atoms with Crippen molar-refractivity contribution in [1.82, 2.24) is 20.0 Å². The molecule has 2 heterocycles. The van der Waals surface area contributed by atoms with Crippen LogP contribution in [0, 0.1) is 5.82 Å². The molecule has 2 aliphatic heterocycles. The number of halogens is 1. The predicted octanol–water partition coefficient (Wildman–Crippen LogP) is 2.11. The number of hydrogen-bond donors (Lipinski definition) is 1. The molecule has 2 fully saturated rings. The minimum Gasteiger partial charge on any atom is -0.375 e. The van der Waals surface area contributed by atoms with E-state index >= 15 is 0 Å². The number of hydrogen-bond acceptors (Lipinski definition) is 4. The van der Waals surface area contributed by atoms with Crippen LogP contribution in [-0.2, 0) is 9.53 Å². The van der Waals surface area contributed by atoms with E-state index in [1.807, 2.05) is 4.90 Å². The highest BCUT2D eigenvalue weighted by atomic mass is 19.1. The van der Waals surface area contributed by atoms with Gasteiger partial charge in [-0.3, -0.25) is 14.7 Å². The SMILES string of the molecule is CCNC(=NCC(OC)c1ccc(F)cc1)N1CCN(CC(=O)N2CCCCC2)CC1. The van der Waals surface area contributed by atoms with E-state index in [0.29, 0.717) is 13.1 Å². The number of guanidine groups is 1. The van der Waals surface area contributed by atoms with Crippen LogP contribution in [0.1, 0.15) is 37.9 Å². The Hall–Kier alpha value is -2.19. The third-order valence-electron chi connectivity index (χ3n) is 6.01. The molecule has 7 nitrogen and oxygen atoms in total. The standard InChI is InChI=1S/C23H36FN5O2/c1-3-25-23(26-17-21(31-2)19-7-9-20(24)10-8-19)29-15-13-27(14-16-29)18-22(30)28-11-5-4-6-12-28/h7-10,21H,3-6,11-18H2,1-2H3,(H,25,26). The molecule has 0 saturated carbocycles. The molecule has 0 spiro atoms. The van der Waals surface area contributed by atoms with Crippen LogP contribution in [0.5, 0.6) is 0 Å². The van der Waals surface area contributed by atoms with Crippen LogP contribution in [0.15, 0.2) is 29.3 Å². The quantitative estimate of drug-likeness (QED) is 0.527. The van der Waals surface area contributed by atoms with E-state index in [1.165, 1.54) is 18.6 Å². The van der Waals surface area contributed by atoms with E-state index < -0.39 is 0 Å². The number of aliphatic imine (C=N–C) groups is 1. The molecule has 1 amide bonds. The van der Waals surface area contributed by atoms with Crippen LogP contribution in [0.25, 0.3) is 0 Å². The Kier molecular flexibility index (Phi) is 9.09. The molecule has 3 rings (SSSR count). The van der Waals surface area contributed by atoms with Gasteiger partial charge in [-0.15, -0.1) is 0 Å². The second kappa shape index (κ2) is 12.0. The lowest BCUT2D eigenvalue weighted by Gasteiger charge is -2.37. The average molecular weight is 434 g/mol. The molecule has 2 saturated heterocycles. The van der Waals surface area contributed by atoms with Gasteiger partial charge in [0, 0.05) is 52.9 Å². The smallest absolute Gasteiger partial charge is 0.236 e. The van der Waals surface area contributed by atoms with Crippen molar-refractivity contribution in [3.8, 4) is 0 Å². The van der Waals surface area contributed by atoms with Gasteiger partial charge >= 0.3 is 0 Å². The molecule has 1 N–H and O–H groups in total. The number of nitrogens with one attached hydrogen (secondary N) is 1. The summed E-state index contributed by atoms with van der Waals surface area (Å²) in [6.45, 7) is 8.95. The van der Waals surface area contributed by atoms with Crippen molar-refractivity contribution in [2.24, 2.45) is 4.99 Å². The third-order valence-corrected chi connectivity index (χ3v) is 6.01. The molecule has 2 aliphatic rings. The number of ether oxygens (including phenoxy) is 1. The largest absolute Gasteiger partial charge is 0.375 e. The molecule has 0 radical (unpaired) electrons. The van der Waals surface area contributed by atoms with Gasteiger partial charge in [0.25, 0.3) is 0 Å². The molecule has 1 aromatic carbocycles. The van der Waals surface area contributed by atoms with E-state index in [4.69, 9.17) is 9.73 Å². The number of carbonyl (C=O) groups is 1. The Bertz CT molecular complexity index is 713. The van der Waals surface area contributed by atoms with Crippen molar-refractivity contribution in [1.29, 1.82) is 0 Å². The van der Waals surface area contributed by atoms with E-state index in [-0.39, 0.29) is 17.8 Å². The second-order valence-corrected chi connectivity index (χ2v) is 8.18.